The summed E-state index contributed by atoms with van der Waals surface area (Å²) in [6.45, 7) is 0. The van der Waals surface area contributed by atoms with E-state index < -0.39 is 5.60 Å². The second-order valence-electron chi connectivity index (χ2n) is 6.88. The van der Waals surface area contributed by atoms with Gasteiger partial charge < -0.3 is 19.7 Å². The zero-order valence-corrected chi connectivity index (χ0v) is 16.3. The van der Waals surface area contributed by atoms with Crippen molar-refractivity contribution in [2.24, 2.45) is 0 Å². The molecule has 0 aliphatic carbocycles. The average molecular weight is 386 g/mol. The van der Waals surface area contributed by atoms with Crippen LogP contribution in [0.4, 0.5) is 0 Å². The molecule has 0 saturated carbocycles. The van der Waals surface area contributed by atoms with Crippen LogP contribution in [-0.4, -0.2) is 24.4 Å². The number of hydrogen-bond donors (Lipinski definition) is 2. The summed E-state index contributed by atoms with van der Waals surface area (Å²) < 4.78 is 10.5. The van der Waals surface area contributed by atoms with Gasteiger partial charge >= 0.3 is 0 Å². The lowest BCUT2D eigenvalue weighted by atomic mass is 9.79. The quantitative estimate of drug-likeness (QED) is 0.482. The number of methoxy groups -OCH3 is 2. The van der Waals surface area contributed by atoms with Gasteiger partial charge in [0.25, 0.3) is 0 Å². The molecule has 29 heavy (non-hydrogen) atoms. The third-order valence-electron chi connectivity index (χ3n) is 5.27. The van der Waals surface area contributed by atoms with Crippen LogP contribution in [0.2, 0.25) is 0 Å². The van der Waals surface area contributed by atoms with Gasteiger partial charge in [-0.3, -0.25) is 0 Å². The first-order valence-corrected chi connectivity index (χ1v) is 9.30. The van der Waals surface area contributed by atoms with E-state index in [1.807, 2.05) is 30.3 Å². The number of ether oxygens (including phenoxy) is 2. The molecule has 0 radical (unpaired) electrons. The molecular formula is C25H22O4. The van der Waals surface area contributed by atoms with Crippen molar-refractivity contribution in [3.63, 3.8) is 0 Å². The minimum Gasteiger partial charge on any atom is -0.508 e. The Morgan fingerprint density at radius 1 is 0.655 bits per heavy atom. The number of hydrogen-bond acceptors (Lipinski definition) is 4. The van der Waals surface area contributed by atoms with E-state index in [1.165, 1.54) is 0 Å². The van der Waals surface area contributed by atoms with Crippen molar-refractivity contribution < 1.29 is 19.7 Å². The van der Waals surface area contributed by atoms with Gasteiger partial charge in [0, 0.05) is 5.56 Å². The van der Waals surface area contributed by atoms with Crippen LogP contribution in [0.5, 0.6) is 17.2 Å². The van der Waals surface area contributed by atoms with Crippen molar-refractivity contribution in [3.8, 4) is 17.2 Å². The first-order chi connectivity index (χ1) is 14.1. The van der Waals surface area contributed by atoms with Gasteiger partial charge in [-0.2, -0.15) is 0 Å². The Bertz CT molecular complexity index is 1080. The molecule has 4 aromatic carbocycles. The fraction of sp³-hybridized carbons (Fsp3) is 0.120. The highest BCUT2D eigenvalue weighted by molar-refractivity contribution is 5.85. The maximum Gasteiger partial charge on any atom is 0.144 e. The molecule has 0 atom stereocenters. The predicted molar refractivity (Wildman–Crippen MR) is 114 cm³/mol. The summed E-state index contributed by atoms with van der Waals surface area (Å²) in [5.74, 6) is 1.40. The minimum absolute atomic E-state index is 0.0258. The molecule has 2 N–H and O–H groups in total. The summed E-state index contributed by atoms with van der Waals surface area (Å²) in [6.07, 6.45) is 0. The van der Waals surface area contributed by atoms with Crippen LogP contribution in [0.1, 0.15) is 16.7 Å². The van der Waals surface area contributed by atoms with Crippen LogP contribution >= 0.6 is 0 Å². The highest BCUT2D eigenvalue weighted by Gasteiger charge is 2.36. The number of benzene rings is 4. The average Bonchev–Trinajstić information content (AvgIpc) is 2.78. The monoisotopic (exact) mass is 386 g/mol. The maximum atomic E-state index is 12.1. The van der Waals surface area contributed by atoms with Crippen molar-refractivity contribution in [1.29, 1.82) is 0 Å². The Balaban J connectivity index is 1.97. The number of fused-ring (bicyclic) bond motifs is 1. The number of aliphatic hydroxyl groups is 1. The van der Waals surface area contributed by atoms with Crippen LogP contribution in [0.15, 0.2) is 84.9 Å². The smallest absolute Gasteiger partial charge is 0.144 e. The van der Waals surface area contributed by atoms with E-state index in [2.05, 4.69) is 0 Å². The molecule has 4 rings (SSSR count). The molecule has 0 amide bonds. The predicted octanol–water partition coefficient (Wildman–Crippen LogP) is 4.85. The van der Waals surface area contributed by atoms with Gasteiger partial charge in [0.1, 0.15) is 22.8 Å². The lowest BCUT2D eigenvalue weighted by Gasteiger charge is -2.31. The SMILES string of the molecule is COc1ccc(C(O)(c2ccc(OC)cc2)c2cc3ccccc3cc2O)cc1. The first kappa shape index (κ1) is 18.8. The molecule has 4 nitrogen and oxygen atoms in total. The second kappa shape index (κ2) is 7.49. The summed E-state index contributed by atoms with van der Waals surface area (Å²) in [4.78, 5) is 0. The molecule has 4 aromatic rings. The Morgan fingerprint density at radius 3 is 1.55 bits per heavy atom. The third kappa shape index (κ3) is 3.28. The molecule has 146 valence electrons. The summed E-state index contributed by atoms with van der Waals surface area (Å²) >= 11 is 0. The van der Waals surface area contributed by atoms with Crippen LogP contribution in [0, 0.1) is 0 Å². The fourth-order valence-corrected chi connectivity index (χ4v) is 3.66. The van der Waals surface area contributed by atoms with Gasteiger partial charge in [0.05, 0.1) is 14.2 Å². The fourth-order valence-electron chi connectivity index (χ4n) is 3.66. The second-order valence-corrected chi connectivity index (χ2v) is 6.88. The Labute approximate surface area is 169 Å². The molecule has 0 bridgehead atoms. The van der Waals surface area contributed by atoms with Crippen molar-refractivity contribution in [1.82, 2.24) is 0 Å². The van der Waals surface area contributed by atoms with Crippen molar-refractivity contribution in [3.05, 3.63) is 102 Å². The normalized spacial score (nSPS) is 11.4. The molecule has 0 unspecified atom stereocenters. The van der Waals surface area contributed by atoms with Crippen LogP contribution in [0.3, 0.4) is 0 Å². The van der Waals surface area contributed by atoms with Crippen molar-refractivity contribution in [2.45, 2.75) is 5.60 Å². The minimum atomic E-state index is -1.56. The zero-order chi connectivity index (χ0) is 20.4. The molecule has 0 spiro atoms. The molecule has 0 fully saturated rings. The lowest BCUT2D eigenvalue weighted by molar-refractivity contribution is 0.122. The van der Waals surface area contributed by atoms with Gasteiger partial charge in [-0.1, -0.05) is 48.5 Å². The largest absolute Gasteiger partial charge is 0.508 e. The van der Waals surface area contributed by atoms with E-state index in [9.17, 15) is 10.2 Å². The van der Waals surface area contributed by atoms with E-state index >= 15 is 0 Å². The standard InChI is InChI=1S/C25H22O4/c1-28-21-11-7-19(8-12-21)25(27,20-9-13-22(29-2)14-10-20)23-15-17-5-3-4-6-18(17)16-24(23)26/h3-16,26-27H,1-2H3. The molecule has 0 heterocycles. The van der Waals surface area contributed by atoms with Crippen LogP contribution in [0.25, 0.3) is 10.8 Å². The maximum absolute atomic E-state index is 12.1. The van der Waals surface area contributed by atoms with Crippen LogP contribution in [-0.2, 0) is 5.60 Å². The number of rotatable bonds is 5. The number of aromatic hydroxyl groups is 1. The lowest BCUT2D eigenvalue weighted by Crippen LogP contribution is -2.29. The molecular weight excluding hydrogens is 364 g/mol. The van der Waals surface area contributed by atoms with Crippen molar-refractivity contribution in [2.75, 3.05) is 14.2 Å². The molecule has 0 aliphatic rings. The third-order valence-corrected chi connectivity index (χ3v) is 5.27. The van der Waals surface area contributed by atoms with Crippen LogP contribution < -0.4 is 9.47 Å². The number of phenols is 1. The highest BCUT2D eigenvalue weighted by Crippen LogP contribution is 2.43. The van der Waals surface area contributed by atoms with Gasteiger partial charge in [0.15, 0.2) is 0 Å². The summed E-state index contributed by atoms with van der Waals surface area (Å²) in [6, 6.07) is 25.6. The Hall–Kier alpha value is -3.50. The summed E-state index contributed by atoms with van der Waals surface area (Å²) in [5.41, 5.74) is 0.0850. The summed E-state index contributed by atoms with van der Waals surface area (Å²) in [7, 11) is 3.19. The zero-order valence-electron chi connectivity index (χ0n) is 16.3. The first-order valence-electron chi connectivity index (χ1n) is 9.30. The molecule has 0 aromatic heterocycles. The number of phenolic OH excluding ortho intramolecular Hbond substituents is 1. The van der Waals surface area contributed by atoms with E-state index in [0.717, 1.165) is 10.8 Å². The van der Waals surface area contributed by atoms with Gasteiger partial charge in [0.2, 0.25) is 0 Å². The van der Waals surface area contributed by atoms with E-state index in [1.54, 1.807) is 68.8 Å². The molecule has 4 heteroatoms. The van der Waals surface area contributed by atoms with Crippen molar-refractivity contribution >= 4 is 10.8 Å². The van der Waals surface area contributed by atoms with E-state index in [0.29, 0.717) is 28.2 Å². The Kier molecular flexibility index (Phi) is 4.87. The van der Waals surface area contributed by atoms with E-state index in [-0.39, 0.29) is 5.75 Å². The molecule has 0 saturated heterocycles. The van der Waals surface area contributed by atoms with Gasteiger partial charge in [-0.05, 0) is 58.3 Å². The van der Waals surface area contributed by atoms with Gasteiger partial charge in [-0.25, -0.2) is 0 Å². The molecule has 0 aliphatic heterocycles. The topological polar surface area (TPSA) is 58.9 Å². The van der Waals surface area contributed by atoms with E-state index in [4.69, 9.17) is 9.47 Å². The Morgan fingerprint density at radius 2 is 1.10 bits per heavy atom. The summed E-state index contributed by atoms with van der Waals surface area (Å²) in [5, 5.41) is 24.7. The van der Waals surface area contributed by atoms with Gasteiger partial charge in [-0.15, -0.1) is 0 Å². The highest BCUT2D eigenvalue weighted by atomic mass is 16.5.